The van der Waals surface area contributed by atoms with Crippen molar-refractivity contribution in [3.8, 4) is 0 Å². The van der Waals surface area contributed by atoms with Gasteiger partial charge in [-0.2, -0.15) is 0 Å². The van der Waals surface area contributed by atoms with Crippen molar-refractivity contribution < 1.29 is 13.5 Å². The lowest BCUT2D eigenvalue weighted by atomic mass is 10.4. The van der Waals surface area contributed by atoms with Crippen molar-refractivity contribution in [1.82, 2.24) is 0 Å². The third kappa shape index (κ3) is 4.13. The molecule has 0 fully saturated rings. The minimum atomic E-state index is -3.13. The van der Waals surface area contributed by atoms with Gasteiger partial charge in [0.05, 0.1) is 11.5 Å². The molecule has 0 saturated carbocycles. The molecule has 0 amide bonds. The molecule has 6 heteroatoms. The number of aliphatic hydroxyl groups excluding tert-OH is 1. The van der Waals surface area contributed by atoms with Crippen LogP contribution in [0.4, 0.5) is 0 Å². The lowest BCUT2D eigenvalue weighted by Crippen LogP contribution is -2.26. The fourth-order valence-electron chi connectivity index (χ4n) is 1.04. The normalized spacial score (nSPS) is 13.7. The molecule has 0 heterocycles. The van der Waals surface area contributed by atoms with E-state index in [1.807, 2.05) is 0 Å². The number of hydrogen-bond acceptors (Lipinski definition) is 5. The van der Waals surface area contributed by atoms with Crippen molar-refractivity contribution in [3.05, 3.63) is 24.3 Å². The van der Waals surface area contributed by atoms with E-state index in [4.69, 9.17) is 10.8 Å². The van der Waals surface area contributed by atoms with Crippen LogP contribution in [0.5, 0.6) is 0 Å². The van der Waals surface area contributed by atoms with Gasteiger partial charge in [0, 0.05) is 22.9 Å². The summed E-state index contributed by atoms with van der Waals surface area (Å²) < 4.78 is 22.4. The Kier molecular flexibility index (Phi) is 4.79. The molecule has 0 aliphatic heterocycles. The molecule has 0 radical (unpaired) electrons. The Balaban J connectivity index is 2.66. The van der Waals surface area contributed by atoms with Crippen molar-refractivity contribution in [2.75, 3.05) is 18.6 Å². The molecule has 90 valence electrons. The SMILES string of the molecule is CS(=O)(=O)c1ccc(SCC(N)CO)cc1. The summed E-state index contributed by atoms with van der Waals surface area (Å²) in [5.41, 5.74) is 5.55. The fourth-order valence-corrected chi connectivity index (χ4v) is 2.51. The molecule has 16 heavy (non-hydrogen) atoms. The van der Waals surface area contributed by atoms with E-state index >= 15 is 0 Å². The van der Waals surface area contributed by atoms with Gasteiger partial charge in [0.15, 0.2) is 9.84 Å². The Morgan fingerprint density at radius 1 is 1.38 bits per heavy atom. The van der Waals surface area contributed by atoms with Gasteiger partial charge in [-0.25, -0.2) is 8.42 Å². The monoisotopic (exact) mass is 261 g/mol. The third-order valence-corrected chi connectivity index (χ3v) is 4.28. The number of sulfone groups is 1. The molecule has 0 aliphatic rings. The van der Waals surface area contributed by atoms with Crippen LogP contribution in [0.3, 0.4) is 0 Å². The summed E-state index contributed by atoms with van der Waals surface area (Å²) in [4.78, 5) is 1.25. The van der Waals surface area contributed by atoms with Crippen molar-refractivity contribution in [2.24, 2.45) is 5.73 Å². The summed E-state index contributed by atoms with van der Waals surface area (Å²) in [5, 5.41) is 8.75. The van der Waals surface area contributed by atoms with E-state index in [1.54, 1.807) is 24.3 Å². The molecule has 0 bridgehead atoms. The van der Waals surface area contributed by atoms with E-state index in [2.05, 4.69) is 0 Å². The van der Waals surface area contributed by atoms with Crippen LogP contribution in [0.25, 0.3) is 0 Å². The van der Waals surface area contributed by atoms with E-state index in [0.717, 1.165) is 4.90 Å². The van der Waals surface area contributed by atoms with Gasteiger partial charge >= 0.3 is 0 Å². The second kappa shape index (κ2) is 5.67. The number of aliphatic hydroxyl groups is 1. The number of thioether (sulfide) groups is 1. The summed E-state index contributed by atoms with van der Waals surface area (Å²) in [7, 11) is -3.13. The summed E-state index contributed by atoms with van der Waals surface area (Å²) in [6, 6.07) is 6.38. The summed E-state index contributed by atoms with van der Waals surface area (Å²) in [5.74, 6) is 0.606. The van der Waals surface area contributed by atoms with E-state index in [1.165, 1.54) is 18.0 Å². The van der Waals surface area contributed by atoms with Crippen LogP contribution in [-0.2, 0) is 9.84 Å². The lowest BCUT2D eigenvalue weighted by Gasteiger charge is -2.07. The van der Waals surface area contributed by atoms with Gasteiger partial charge in [-0.1, -0.05) is 0 Å². The van der Waals surface area contributed by atoms with E-state index < -0.39 is 9.84 Å². The largest absolute Gasteiger partial charge is 0.395 e. The molecule has 1 rings (SSSR count). The standard InChI is InChI=1S/C10H15NO3S2/c1-16(13,14)10-4-2-9(3-5-10)15-7-8(11)6-12/h2-5,8,12H,6-7,11H2,1H3. The number of nitrogens with two attached hydrogens (primary N) is 1. The quantitative estimate of drug-likeness (QED) is 0.755. The zero-order valence-corrected chi connectivity index (χ0v) is 10.6. The minimum Gasteiger partial charge on any atom is -0.395 e. The molecule has 4 nitrogen and oxygen atoms in total. The maximum absolute atomic E-state index is 11.2. The lowest BCUT2D eigenvalue weighted by molar-refractivity contribution is 0.275. The van der Waals surface area contributed by atoms with Crippen LogP contribution in [0, 0.1) is 0 Å². The van der Waals surface area contributed by atoms with Gasteiger partial charge in [-0.05, 0) is 24.3 Å². The first-order chi connectivity index (χ1) is 7.43. The predicted octanol–water partition coefficient (Wildman–Crippen LogP) is 0.502. The average Bonchev–Trinajstić information content (AvgIpc) is 2.25. The molecule has 3 N–H and O–H groups in total. The Morgan fingerprint density at radius 3 is 2.38 bits per heavy atom. The van der Waals surface area contributed by atoms with Crippen LogP contribution >= 0.6 is 11.8 Å². The maximum atomic E-state index is 11.2. The van der Waals surface area contributed by atoms with Gasteiger partial charge in [0.25, 0.3) is 0 Å². The van der Waals surface area contributed by atoms with Crippen LogP contribution in [0.2, 0.25) is 0 Å². The molecule has 0 saturated heterocycles. The van der Waals surface area contributed by atoms with Crippen LogP contribution < -0.4 is 5.73 Å². The fraction of sp³-hybridized carbons (Fsp3) is 0.400. The molecule has 1 aromatic rings. The Labute approximate surface area is 99.8 Å². The summed E-state index contributed by atoms with van der Waals surface area (Å²) >= 11 is 1.49. The summed E-state index contributed by atoms with van der Waals surface area (Å²) in [6.07, 6.45) is 1.18. The first kappa shape index (κ1) is 13.5. The molecule has 0 aliphatic carbocycles. The average molecular weight is 261 g/mol. The predicted molar refractivity (Wildman–Crippen MR) is 65.3 cm³/mol. The van der Waals surface area contributed by atoms with Crippen LogP contribution in [0.1, 0.15) is 0 Å². The van der Waals surface area contributed by atoms with Gasteiger partial charge in [-0.3, -0.25) is 0 Å². The zero-order valence-electron chi connectivity index (χ0n) is 8.96. The summed E-state index contributed by atoms with van der Waals surface area (Å²) in [6.45, 7) is -0.0472. The Morgan fingerprint density at radius 2 is 1.94 bits per heavy atom. The van der Waals surface area contributed by atoms with E-state index in [9.17, 15) is 8.42 Å². The van der Waals surface area contributed by atoms with Gasteiger partial charge < -0.3 is 10.8 Å². The smallest absolute Gasteiger partial charge is 0.175 e. The molecular formula is C10H15NO3S2. The second-order valence-electron chi connectivity index (χ2n) is 3.50. The number of rotatable bonds is 5. The molecule has 1 aromatic carbocycles. The van der Waals surface area contributed by atoms with Crippen LogP contribution in [0.15, 0.2) is 34.1 Å². The van der Waals surface area contributed by atoms with Gasteiger partial charge in [-0.15, -0.1) is 11.8 Å². The number of benzene rings is 1. The highest BCUT2D eigenvalue weighted by Gasteiger charge is 2.07. The van der Waals surface area contributed by atoms with Crippen molar-refractivity contribution in [3.63, 3.8) is 0 Å². The highest BCUT2D eigenvalue weighted by Crippen LogP contribution is 2.20. The van der Waals surface area contributed by atoms with Crippen molar-refractivity contribution in [2.45, 2.75) is 15.8 Å². The van der Waals surface area contributed by atoms with Crippen molar-refractivity contribution in [1.29, 1.82) is 0 Å². The Hall–Kier alpha value is -0.560. The second-order valence-corrected chi connectivity index (χ2v) is 6.61. The minimum absolute atomic E-state index is 0.0472. The zero-order chi connectivity index (χ0) is 12.2. The first-order valence-corrected chi connectivity index (χ1v) is 7.60. The molecular weight excluding hydrogens is 246 g/mol. The first-order valence-electron chi connectivity index (χ1n) is 4.73. The highest BCUT2D eigenvalue weighted by molar-refractivity contribution is 7.99. The van der Waals surface area contributed by atoms with E-state index in [0.29, 0.717) is 10.6 Å². The maximum Gasteiger partial charge on any atom is 0.175 e. The Bertz CT molecular complexity index is 428. The van der Waals surface area contributed by atoms with E-state index in [-0.39, 0.29) is 12.6 Å². The molecule has 0 aromatic heterocycles. The van der Waals surface area contributed by atoms with Crippen molar-refractivity contribution >= 4 is 21.6 Å². The van der Waals surface area contributed by atoms with Gasteiger partial charge in [0.2, 0.25) is 0 Å². The topological polar surface area (TPSA) is 80.4 Å². The highest BCUT2D eigenvalue weighted by atomic mass is 32.2. The third-order valence-electron chi connectivity index (χ3n) is 1.95. The van der Waals surface area contributed by atoms with Crippen LogP contribution in [-0.4, -0.2) is 38.2 Å². The molecule has 1 atom stereocenters. The number of hydrogen-bond donors (Lipinski definition) is 2. The van der Waals surface area contributed by atoms with Gasteiger partial charge in [0.1, 0.15) is 0 Å². The molecule has 1 unspecified atom stereocenters. The molecule has 0 spiro atoms.